The lowest BCUT2D eigenvalue weighted by Crippen LogP contribution is -2.48. The van der Waals surface area contributed by atoms with Gasteiger partial charge in [0.2, 0.25) is 5.91 Å². The third kappa shape index (κ3) is 3.75. The Morgan fingerprint density at radius 2 is 1.95 bits per heavy atom. The number of anilines is 2. The highest BCUT2D eigenvalue weighted by molar-refractivity contribution is 7.13. The zero-order chi connectivity index (χ0) is 15.4. The Bertz CT molecular complexity index is 607. The summed E-state index contributed by atoms with van der Waals surface area (Å²) in [6.07, 6.45) is 1.82. The lowest BCUT2D eigenvalue weighted by Gasteiger charge is -2.34. The van der Waals surface area contributed by atoms with Crippen molar-refractivity contribution in [3.8, 4) is 5.75 Å². The number of nitrogens with one attached hydrogen (secondary N) is 1. The second-order valence-electron chi connectivity index (χ2n) is 5.17. The summed E-state index contributed by atoms with van der Waals surface area (Å²) in [6.45, 7) is 3.86. The van der Waals surface area contributed by atoms with Crippen LogP contribution in [0.4, 0.5) is 10.8 Å². The molecule has 2 aromatic rings. The first-order valence-electron chi connectivity index (χ1n) is 7.16. The molecule has 1 aromatic heterocycles. The summed E-state index contributed by atoms with van der Waals surface area (Å²) in [6, 6.07) is 6.49. The standard InChI is InChI=1S/C15H18N4O2S/c20-13-3-1-12(2-4-13)17-14(21)11-18-6-8-19(9-7-18)15-16-5-10-22-15/h1-5,10,20H,6-9,11H2,(H,17,21). The van der Waals surface area contributed by atoms with E-state index in [0.29, 0.717) is 12.2 Å². The second kappa shape index (κ2) is 6.76. The van der Waals surface area contributed by atoms with Gasteiger partial charge in [-0.3, -0.25) is 9.69 Å². The average molecular weight is 318 g/mol. The van der Waals surface area contributed by atoms with Gasteiger partial charge < -0.3 is 15.3 Å². The van der Waals surface area contributed by atoms with Crippen LogP contribution in [0.2, 0.25) is 0 Å². The van der Waals surface area contributed by atoms with Crippen LogP contribution in [0.1, 0.15) is 0 Å². The number of hydrogen-bond acceptors (Lipinski definition) is 6. The first-order chi connectivity index (χ1) is 10.7. The summed E-state index contributed by atoms with van der Waals surface area (Å²) in [5.41, 5.74) is 0.698. The van der Waals surface area contributed by atoms with Crippen LogP contribution in [0.25, 0.3) is 0 Å². The van der Waals surface area contributed by atoms with Gasteiger partial charge in [-0.15, -0.1) is 11.3 Å². The minimum absolute atomic E-state index is 0.0339. The van der Waals surface area contributed by atoms with Gasteiger partial charge in [0.1, 0.15) is 5.75 Å². The fourth-order valence-electron chi connectivity index (χ4n) is 2.42. The van der Waals surface area contributed by atoms with Gasteiger partial charge in [0, 0.05) is 43.4 Å². The highest BCUT2D eigenvalue weighted by Gasteiger charge is 2.20. The van der Waals surface area contributed by atoms with E-state index in [4.69, 9.17) is 0 Å². The van der Waals surface area contributed by atoms with E-state index in [1.54, 1.807) is 35.6 Å². The molecule has 0 radical (unpaired) electrons. The van der Waals surface area contributed by atoms with Crippen molar-refractivity contribution in [2.45, 2.75) is 0 Å². The van der Waals surface area contributed by atoms with Crippen LogP contribution in [0.3, 0.4) is 0 Å². The fourth-order valence-corrected chi connectivity index (χ4v) is 3.11. The molecule has 0 atom stereocenters. The molecule has 0 spiro atoms. The number of thiazole rings is 1. The summed E-state index contributed by atoms with van der Waals surface area (Å²) >= 11 is 1.64. The number of aromatic hydroxyl groups is 1. The van der Waals surface area contributed by atoms with Gasteiger partial charge in [0.05, 0.1) is 6.54 Å². The first-order valence-corrected chi connectivity index (χ1v) is 8.04. The molecule has 116 valence electrons. The van der Waals surface area contributed by atoms with Crippen LogP contribution in [0, 0.1) is 0 Å². The van der Waals surface area contributed by atoms with Crippen molar-refractivity contribution < 1.29 is 9.90 Å². The number of aromatic nitrogens is 1. The van der Waals surface area contributed by atoms with Gasteiger partial charge >= 0.3 is 0 Å². The number of carbonyl (C=O) groups excluding carboxylic acids is 1. The lowest BCUT2D eigenvalue weighted by atomic mass is 10.3. The quantitative estimate of drug-likeness (QED) is 0.838. The van der Waals surface area contributed by atoms with Gasteiger partial charge in [-0.05, 0) is 24.3 Å². The van der Waals surface area contributed by atoms with E-state index in [1.165, 1.54) is 0 Å². The number of benzene rings is 1. The van der Waals surface area contributed by atoms with Crippen molar-refractivity contribution in [1.29, 1.82) is 0 Å². The zero-order valence-corrected chi connectivity index (χ0v) is 12.9. The molecular formula is C15H18N4O2S. The normalized spacial score (nSPS) is 15.7. The molecule has 0 unspecified atom stereocenters. The van der Waals surface area contributed by atoms with Crippen LogP contribution in [0.15, 0.2) is 35.8 Å². The van der Waals surface area contributed by atoms with E-state index in [-0.39, 0.29) is 11.7 Å². The molecule has 1 aromatic carbocycles. The molecule has 3 rings (SSSR count). The largest absolute Gasteiger partial charge is 0.508 e. The summed E-state index contributed by atoms with van der Waals surface area (Å²) < 4.78 is 0. The third-order valence-electron chi connectivity index (χ3n) is 3.58. The van der Waals surface area contributed by atoms with E-state index in [2.05, 4.69) is 20.1 Å². The van der Waals surface area contributed by atoms with Crippen molar-refractivity contribution in [3.63, 3.8) is 0 Å². The molecule has 0 saturated carbocycles. The van der Waals surface area contributed by atoms with Crippen molar-refractivity contribution in [2.75, 3.05) is 42.9 Å². The number of phenolic OH excluding ortho intramolecular Hbond substituents is 1. The second-order valence-corrected chi connectivity index (χ2v) is 6.05. The SMILES string of the molecule is O=C(CN1CCN(c2nccs2)CC1)Nc1ccc(O)cc1. The molecule has 1 aliphatic rings. The van der Waals surface area contributed by atoms with Gasteiger partial charge in [-0.1, -0.05) is 0 Å². The minimum atomic E-state index is -0.0339. The molecule has 0 bridgehead atoms. The highest BCUT2D eigenvalue weighted by Crippen LogP contribution is 2.19. The number of rotatable bonds is 4. The summed E-state index contributed by atoms with van der Waals surface area (Å²) in [7, 11) is 0. The molecule has 1 saturated heterocycles. The molecule has 2 N–H and O–H groups in total. The van der Waals surface area contributed by atoms with Gasteiger partial charge in [-0.2, -0.15) is 0 Å². The van der Waals surface area contributed by atoms with Crippen molar-refractivity contribution in [3.05, 3.63) is 35.8 Å². The maximum Gasteiger partial charge on any atom is 0.238 e. The lowest BCUT2D eigenvalue weighted by molar-refractivity contribution is -0.117. The number of amides is 1. The molecule has 6 nitrogen and oxygen atoms in total. The van der Waals surface area contributed by atoms with Crippen LogP contribution < -0.4 is 10.2 Å². The van der Waals surface area contributed by atoms with E-state index >= 15 is 0 Å². The van der Waals surface area contributed by atoms with Crippen molar-refractivity contribution in [1.82, 2.24) is 9.88 Å². The molecule has 1 amide bonds. The topological polar surface area (TPSA) is 68.7 Å². The van der Waals surface area contributed by atoms with Gasteiger partial charge in [0.25, 0.3) is 0 Å². The van der Waals surface area contributed by atoms with Gasteiger partial charge in [-0.25, -0.2) is 4.98 Å². The van der Waals surface area contributed by atoms with Crippen LogP contribution in [-0.2, 0) is 4.79 Å². The van der Waals surface area contributed by atoms with Crippen LogP contribution in [-0.4, -0.2) is 53.6 Å². The van der Waals surface area contributed by atoms with Crippen molar-refractivity contribution in [2.24, 2.45) is 0 Å². The zero-order valence-electron chi connectivity index (χ0n) is 12.1. The molecule has 0 aliphatic carbocycles. The Hall–Kier alpha value is -2.12. The summed E-state index contributed by atoms with van der Waals surface area (Å²) in [5.74, 6) is 0.157. The number of nitrogens with zero attached hydrogens (tertiary/aromatic N) is 3. The molecular weight excluding hydrogens is 300 g/mol. The van der Waals surface area contributed by atoms with E-state index in [9.17, 15) is 9.90 Å². The van der Waals surface area contributed by atoms with Gasteiger partial charge in [0.15, 0.2) is 5.13 Å². The van der Waals surface area contributed by atoms with Crippen LogP contribution >= 0.6 is 11.3 Å². The number of hydrogen-bond donors (Lipinski definition) is 2. The Morgan fingerprint density at radius 1 is 1.23 bits per heavy atom. The Labute approximate surface area is 133 Å². The monoisotopic (exact) mass is 318 g/mol. The van der Waals surface area contributed by atoms with Crippen LogP contribution in [0.5, 0.6) is 5.75 Å². The van der Waals surface area contributed by atoms with E-state index in [1.807, 2.05) is 11.6 Å². The summed E-state index contributed by atoms with van der Waals surface area (Å²) in [4.78, 5) is 20.7. The molecule has 2 heterocycles. The van der Waals surface area contributed by atoms with Crippen molar-refractivity contribution >= 4 is 28.1 Å². The average Bonchev–Trinajstić information content (AvgIpc) is 3.05. The smallest absolute Gasteiger partial charge is 0.238 e. The Morgan fingerprint density at radius 3 is 2.59 bits per heavy atom. The maximum atomic E-state index is 12.0. The molecule has 7 heteroatoms. The van der Waals surface area contributed by atoms with E-state index in [0.717, 1.165) is 31.3 Å². The Balaban J connectivity index is 1.46. The number of carbonyl (C=O) groups is 1. The minimum Gasteiger partial charge on any atom is -0.508 e. The highest BCUT2D eigenvalue weighted by atomic mass is 32.1. The predicted molar refractivity (Wildman–Crippen MR) is 87.5 cm³/mol. The molecule has 22 heavy (non-hydrogen) atoms. The number of phenols is 1. The first kappa shape index (κ1) is 14.8. The number of piperazine rings is 1. The fraction of sp³-hybridized carbons (Fsp3) is 0.333. The predicted octanol–water partition coefficient (Wildman–Crippen LogP) is 1.61. The van der Waals surface area contributed by atoms with E-state index < -0.39 is 0 Å². The maximum absolute atomic E-state index is 12.0. The summed E-state index contributed by atoms with van der Waals surface area (Å²) in [5, 5.41) is 15.1. The Kier molecular flexibility index (Phi) is 4.55. The molecule has 1 aliphatic heterocycles. The third-order valence-corrected chi connectivity index (χ3v) is 4.41. The molecule has 1 fully saturated rings.